The second kappa shape index (κ2) is 6.76. The fraction of sp³-hybridized carbons (Fsp3) is 0.158. The summed E-state index contributed by atoms with van der Waals surface area (Å²) in [5, 5.41) is 4.53. The Balaban J connectivity index is 2.15. The minimum atomic E-state index is -3.68. The summed E-state index contributed by atoms with van der Waals surface area (Å²) in [6.07, 6.45) is 2.49. The van der Waals surface area contributed by atoms with E-state index in [9.17, 15) is 13.2 Å². The number of carbonyl (C=O) groups is 1. The third-order valence-electron chi connectivity index (χ3n) is 4.04. The van der Waals surface area contributed by atoms with Gasteiger partial charge < -0.3 is 0 Å². The van der Waals surface area contributed by atoms with Crippen molar-refractivity contribution in [3.05, 3.63) is 71.4 Å². The summed E-state index contributed by atoms with van der Waals surface area (Å²) in [4.78, 5) is 12.5. The lowest BCUT2D eigenvalue weighted by Gasteiger charge is -2.06. The third-order valence-corrected chi connectivity index (χ3v) is 4.59. The van der Waals surface area contributed by atoms with Gasteiger partial charge in [0.2, 0.25) is 10.0 Å². The minimum Gasteiger partial charge on any atom is -0.268 e. The first-order valence-corrected chi connectivity index (χ1v) is 9.88. The van der Waals surface area contributed by atoms with Gasteiger partial charge in [0.25, 0.3) is 5.91 Å². The molecule has 1 N–H and O–H groups in total. The molecule has 1 heterocycles. The van der Waals surface area contributed by atoms with E-state index in [1.165, 1.54) is 0 Å². The van der Waals surface area contributed by atoms with Crippen molar-refractivity contribution in [1.82, 2.24) is 14.5 Å². The van der Waals surface area contributed by atoms with Crippen LogP contribution in [0.25, 0.3) is 16.9 Å². The van der Waals surface area contributed by atoms with Crippen LogP contribution in [0.5, 0.6) is 0 Å². The number of nitrogens with one attached hydrogen (secondary N) is 1. The average Bonchev–Trinajstić information content (AvgIpc) is 3.02. The van der Waals surface area contributed by atoms with Crippen LogP contribution in [0.3, 0.4) is 0 Å². The molecule has 3 rings (SSSR count). The second-order valence-electron chi connectivity index (χ2n) is 6.17. The maximum atomic E-state index is 12.5. The van der Waals surface area contributed by atoms with Crippen LogP contribution in [-0.4, -0.2) is 30.4 Å². The van der Waals surface area contributed by atoms with Crippen LogP contribution in [0, 0.1) is 13.8 Å². The Morgan fingerprint density at radius 2 is 1.73 bits per heavy atom. The molecule has 0 aliphatic heterocycles. The van der Waals surface area contributed by atoms with Crippen molar-refractivity contribution in [3.63, 3.8) is 0 Å². The van der Waals surface area contributed by atoms with E-state index in [1.54, 1.807) is 10.9 Å². The van der Waals surface area contributed by atoms with Crippen LogP contribution < -0.4 is 4.72 Å². The SMILES string of the molecule is Cc1ccc(-c2nn(-c3ccccc3)cc2C(=O)NS(C)(=O)=O)cc1C. The number of benzene rings is 2. The number of aryl methyl sites for hydroxylation is 2. The summed E-state index contributed by atoms with van der Waals surface area (Å²) >= 11 is 0. The lowest BCUT2D eigenvalue weighted by atomic mass is 10.0. The molecule has 0 aliphatic rings. The van der Waals surface area contributed by atoms with Crippen molar-refractivity contribution >= 4 is 15.9 Å². The molecular formula is C19H19N3O3S. The highest BCUT2D eigenvalue weighted by Gasteiger charge is 2.21. The summed E-state index contributed by atoms with van der Waals surface area (Å²) in [6.45, 7) is 3.97. The fourth-order valence-corrected chi connectivity index (χ4v) is 3.03. The number of amides is 1. The van der Waals surface area contributed by atoms with Gasteiger partial charge in [-0.05, 0) is 43.2 Å². The van der Waals surface area contributed by atoms with E-state index in [4.69, 9.17) is 0 Å². The molecule has 0 spiro atoms. The molecule has 0 fully saturated rings. The van der Waals surface area contributed by atoms with Crippen molar-refractivity contribution in [1.29, 1.82) is 0 Å². The van der Waals surface area contributed by atoms with Gasteiger partial charge in [-0.15, -0.1) is 0 Å². The Morgan fingerprint density at radius 3 is 2.35 bits per heavy atom. The highest BCUT2D eigenvalue weighted by atomic mass is 32.2. The van der Waals surface area contributed by atoms with Crippen molar-refractivity contribution < 1.29 is 13.2 Å². The van der Waals surface area contributed by atoms with Gasteiger partial charge in [0, 0.05) is 11.8 Å². The molecule has 6 nitrogen and oxygen atoms in total. The molecule has 0 saturated carbocycles. The lowest BCUT2D eigenvalue weighted by molar-refractivity contribution is 0.0982. The summed E-state index contributed by atoms with van der Waals surface area (Å²) in [5.74, 6) is -0.706. The number of carbonyl (C=O) groups excluding carboxylic acids is 1. The van der Waals surface area contributed by atoms with Crippen LogP contribution in [0.15, 0.2) is 54.7 Å². The zero-order valence-corrected chi connectivity index (χ0v) is 15.5. The molecule has 0 saturated heterocycles. The fourth-order valence-electron chi connectivity index (χ4n) is 2.58. The van der Waals surface area contributed by atoms with Gasteiger partial charge in [0.05, 0.1) is 17.5 Å². The van der Waals surface area contributed by atoms with Gasteiger partial charge in [-0.25, -0.2) is 17.8 Å². The topological polar surface area (TPSA) is 81.1 Å². The molecule has 26 heavy (non-hydrogen) atoms. The van der Waals surface area contributed by atoms with Crippen LogP contribution in [-0.2, 0) is 10.0 Å². The third kappa shape index (κ3) is 3.83. The van der Waals surface area contributed by atoms with E-state index in [1.807, 2.05) is 67.1 Å². The van der Waals surface area contributed by atoms with Crippen molar-refractivity contribution in [2.75, 3.05) is 6.26 Å². The number of hydrogen-bond donors (Lipinski definition) is 1. The first-order chi connectivity index (χ1) is 12.2. The van der Waals surface area contributed by atoms with Crippen molar-refractivity contribution in [2.24, 2.45) is 0 Å². The highest BCUT2D eigenvalue weighted by Crippen LogP contribution is 2.26. The Kier molecular flexibility index (Phi) is 4.65. The number of para-hydroxylation sites is 1. The number of nitrogens with zero attached hydrogens (tertiary/aromatic N) is 2. The molecular weight excluding hydrogens is 350 g/mol. The molecule has 0 radical (unpaired) electrons. The normalized spacial score (nSPS) is 11.3. The van der Waals surface area contributed by atoms with E-state index in [-0.39, 0.29) is 5.56 Å². The van der Waals surface area contributed by atoms with Gasteiger partial charge in [0.1, 0.15) is 5.69 Å². The smallest absolute Gasteiger partial charge is 0.268 e. The first kappa shape index (κ1) is 17.9. The summed E-state index contributed by atoms with van der Waals surface area (Å²) in [7, 11) is -3.68. The maximum absolute atomic E-state index is 12.5. The van der Waals surface area contributed by atoms with E-state index in [0.29, 0.717) is 5.69 Å². The first-order valence-electron chi connectivity index (χ1n) is 7.99. The molecule has 0 bridgehead atoms. The molecule has 0 aliphatic carbocycles. The summed E-state index contributed by atoms with van der Waals surface area (Å²) in [6, 6.07) is 15.1. The Morgan fingerprint density at radius 1 is 1.04 bits per heavy atom. The van der Waals surface area contributed by atoms with Gasteiger partial charge in [-0.1, -0.05) is 30.3 Å². The summed E-state index contributed by atoms with van der Waals surface area (Å²) < 4.78 is 26.5. The molecule has 7 heteroatoms. The molecule has 3 aromatic rings. The van der Waals surface area contributed by atoms with E-state index in [2.05, 4.69) is 5.10 Å². The molecule has 0 unspecified atom stereocenters. The van der Waals surface area contributed by atoms with Crippen LogP contribution >= 0.6 is 0 Å². The zero-order chi connectivity index (χ0) is 18.9. The molecule has 1 amide bonds. The minimum absolute atomic E-state index is 0.197. The Hall–Kier alpha value is -2.93. The highest BCUT2D eigenvalue weighted by molar-refractivity contribution is 7.89. The Bertz CT molecular complexity index is 1070. The van der Waals surface area contributed by atoms with Crippen LogP contribution in [0.4, 0.5) is 0 Å². The monoisotopic (exact) mass is 369 g/mol. The van der Waals surface area contributed by atoms with Crippen LogP contribution in [0.2, 0.25) is 0 Å². The standard InChI is InChI=1S/C19H19N3O3S/c1-13-9-10-15(11-14(13)2)18-17(19(23)21-26(3,24)25)12-22(20-18)16-7-5-4-6-8-16/h4-12H,1-3H3,(H,21,23). The molecule has 134 valence electrons. The predicted octanol–water partition coefficient (Wildman–Crippen LogP) is 2.85. The van der Waals surface area contributed by atoms with Crippen LogP contribution in [0.1, 0.15) is 21.5 Å². The lowest BCUT2D eigenvalue weighted by Crippen LogP contribution is -2.29. The Labute approximate surface area is 152 Å². The van der Waals surface area contributed by atoms with Crippen molar-refractivity contribution in [2.45, 2.75) is 13.8 Å². The number of hydrogen-bond acceptors (Lipinski definition) is 4. The second-order valence-corrected chi connectivity index (χ2v) is 7.92. The van der Waals surface area contributed by atoms with Gasteiger partial charge in [-0.2, -0.15) is 5.10 Å². The number of sulfonamides is 1. The largest absolute Gasteiger partial charge is 0.268 e. The van der Waals surface area contributed by atoms with E-state index in [0.717, 1.165) is 28.6 Å². The van der Waals surface area contributed by atoms with Gasteiger partial charge in [-0.3, -0.25) is 4.79 Å². The maximum Gasteiger partial charge on any atom is 0.268 e. The zero-order valence-electron chi connectivity index (χ0n) is 14.7. The van der Waals surface area contributed by atoms with Crippen molar-refractivity contribution in [3.8, 4) is 16.9 Å². The average molecular weight is 369 g/mol. The van der Waals surface area contributed by atoms with Gasteiger partial charge in [0.15, 0.2) is 0 Å². The van der Waals surface area contributed by atoms with E-state index >= 15 is 0 Å². The molecule has 0 atom stereocenters. The quantitative estimate of drug-likeness (QED) is 0.767. The molecule has 2 aromatic carbocycles. The van der Waals surface area contributed by atoms with E-state index < -0.39 is 15.9 Å². The molecule has 1 aromatic heterocycles. The number of aromatic nitrogens is 2. The van der Waals surface area contributed by atoms with Gasteiger partial charge >= 0.3 is 0 Å². The predicted molar refractivity (Wildman–Crippen MR) is 101 cm³/mol. The summed E-state index contributed by atoms with van der Waals surface area (Å²) in [5.41, 5.74) is 4.34. The number of rotatable bonds is 4.